The first-order valence-electron chi connectivity index (χ1n) is 11.3. The molecule has 8 N–H and O–H groups in total. The summed E-state index contributed by atoms with van der Waals surface area (Å²) in [5.41, 5.74) is 2.06. The molecule has 0 unspecified atom stereocenters. The molecule has 0 aliphatic carbocycles. The van der Waals surface area contributed by atoms with Gasteiger partial charge in [-0.25, -0.2) is 18.9 Å². The Labute approximate surface area is 238 Å². The molecule has 0 aromatic carbocycles. The Morgan fingerprint density at radius 3 is 2.52 bits per heavy atom. The summed E-state index contributed by atoms with van der Waals surface area (Å²) in [7, 11) is -5.18. The number of carboxylic acid groups (broad SMARTS) is 1. The van der Waals surface area contributed by atoms with E-state index in [0.29, 0.717) is 10.9 Å². The molecule has 0 saturated carbocycles. The normalized spacial score (nSPS) is 17.3. The number of β-lactam (4-membered cyclic amide) rings is 1. The number of nitrogen functional groups attached to an aromatic ring is 1. The number of oxime groups is 1. The van der Waals surface area contributed by atoms with Crippen LogP contribution in [0.25, 0.3) is 0 Å². The van der Waals surface area contributed by atoms with Crippen LogP contribution in [-0.4, -0.2) is 96.3 Å². The number of carbonyl (C=O) groups is 4. The second-order valence-corrected chi connectivity index (χ2v) is 11.2. The number of amides is 3. The first kappa shape index (κ1) is 31.6. The van der Waals surface area contributed by atoms with Crippen LogP contribution < -0.4 is 21.8 Å². The van der Waals surface area contributed by atoms with Crippen LogP contribution >= 0.6 is 11.3 Å². The molecule has 1 saturated heterocycles. The molecule has 22 heteroatoms. The van der Waals surface area contributed by atoms with Crippen molar-refractivity contribution in [2.75, 3.05) is 12.3 Å². The molecule has 0 spiro atoms. The molecule has 1 fully saturated rings. The van der Waals surface area contributed by atoms with Crippen LogP contribution in [0, 0.1) is 0 Å². The summed E-state index contributed by atoms with van der Waals surface area (Å²) < 4.78 is 38.1. The number of hydrogen-bond acceptors (Lipinski definition) is 15. The van der Waals surface area contributed by atoms with Crippen molar-refractivity contribution < 1.29 is 57.1 Å². The number of rotatable bonds is 11. The molecule has 42 heavy (non-hydrogen) atoms. The van der Waals surface area contributed by atoms with Crippen LogP contribution in [0.3, 0.4) is 0 Å². The summed E-state index contributed by atoms with van der Waals surface area (Å²) in [5, 5.41) is 36.1. The number of alkyl carbamates (subject to hydrolysis) is 1. The molecule has 0 radical (unpaired) electrons. The minimum Gasteiger partial charge on any atom is -0.503 e. The SMILES string of the molecule is CC(C)(O/N=C(\C(=O)N[C@@H]1C(=O)N(S(=O)(=O)O)[C@@H]1COC(=O)NCc1cc(=O)c(O)cn1O)c1cnc(N)s1)C(=O)O. The Morgan fingerprint density at radius 1 is 1.29 bits per heavy atom. The topological polar surface area (TPSA) is 302 Å². The summed E-state index contributed by atoms with van der Waals surface area (Å²) >= 11 is 0.748. The van der Waals surface area contributed by atoms with Crippen molar-refractivity contribution >= 4 is 56.4 Å². The van der Waals surface area contributed by atoms with Crippen LogP contribution in [0.5, 0.6) is 5.75 Å². The zero-order chi connectivity index (χ0) is 31.6. The summed E-state index contributed by atoms with van der Waals surface area (Å²) in [6.45, 7) is 0.872. The van der Waals surface area contributed by atoms with E-state index in [1.165, 1.54) is 0 Å². The van der Waals surface area contributed by atoms with Crippen LogP contribution in [0.4, 0.5) is 9.93 Å². The van der Waals surface area contributed by atoms with Crippen molar-refractivity contribution in [3.8, 4) is 5.75 Å². The highest BCUT2D eigenvalue weighted by atomic mass is 32.2. The molecule has 1 aliphatic heterocycles. The zero-order valence-electron chi connectivity index (χ0n) is 21.4. The second-order valence-electron chi connectivity index (χ2n) is 8.85. The second kappa shape index (κ2) is 11.9. The fraction of sp³-hybridized carbons (Fsp3) is 0.350. The van der Waals surface area contributed by atoms with Gasteiger partial charge in [0.25, 0.3) is 11.8 Å². The van der Waals surface area contributed by atoms with Crippen molar-refractivity contribution in [1.29, 1.82) is 0 Å². The lowest BCUT2D eigenvalue weighted by molar-refractivity contribution is -0.161. The van der Waals surface area contributed by atoms with Gasteiger partial charge in [0.1, 0.15) is 18.7 Å². The van der Waals surface area contributed by atoms with Crippen molar-refractivity contribution in [3.05, 3.63) is 39.3 Å². The first-order valence-corrected chi connectivity index (χ1v) is 13.5. The van der Waals surface area contributed by atoms with E-state index < -0.39 is 81.9 Å². The third kappa shape index (κ3) is 7.02. The fourth-order valence-corrected chi connectivity index (χ4v) is 4.72. The van der Waals surface area contributed by atoms with E-state index in [1.54, 1.807) is 0 Å². The van der Waals surface area contributed by atoms with Gasteiger partial charge in [-0.2, -0.15) is 13.1 Å². The Kier molecular flexibility index (Phi) is 8.93. The van der Waals surface area contributed by atoms with E-state index in [2.05, 4.69) is 20.8 Å². The van der Waals surface area contributed by atoms with E-state index in [0.717, 1.165) is 37.4 Å². The van der Waals surface area contributed by atoms with Gasteiger partial charge in [-0.3, -0.25) is 18.9 Å². The molecule has 2 aromatic heterocycles. The number of nitrogens with zero attached hydrogens (tertiary/aromatic N) is 4. The quantitative estimate of drug-likeness (QED) is 0.0456. The first-order chi connectivity index (χ1) is 19.4. The smallest absolute Gasteiger partial charge is 0.407 e. The highest BCUT2D eigenvalue weighted by Crippen LogP contribution is 2.25. The van der Waals surface area contributed by atoms with Gasteiger partial charge in [-0.15, -0.1) is 0 Å². The van der Waals surface area contributed by atoms with Gasteiger partial charge in [-0.05, 0) is 13.8 Å². The molecule has 2 aromatic rings. The predicted molar refractivity (Wildman–Crippen MR) is 138 cm³/mol. The zero-order valence-corrected chi connectivity index (χ0v) is 23.1. The lowest BCUT2D eigenvalue weighted by atomic mass is 9.99. The fourth-order valence-electron chi connectivity index (χ4n) is 3.19. The van der Waals surface area contributed by atoms with E-state index >= 15 is 0 Å². The summed E-state index contributed by atoms with van der Waals surface area (Å²) in [6.07, 6.45) is 0.545. The molecule has 20 nitrogen and oxygen atoms in total. The molecule has 3 amide bonds. The van der Waals surface area contributed by atoms with Gasteiger partial charge in [0.15, 0.2) is 16.6 Å². The molecular weight excluding hydrogens is 610 g/mol. The number of aliphatic carboxylic acids is 1. The minimum absolute atomic E-state index is 0.0111. The molecular formula is C20H23N7O13S2. The summed E-state index contributed by atoms with van der Waals surface area (Å²) in [5.74, 6) is -4.68. The summed E-state index contributed by atoms with van der Waals surface area (Å²) in [4.78, 5) is 69.3. The number of anilines is 1. The number of pyridine rings is 1. The molecule has 3 rings (SSSR count). The highest BCUT2D eigenvalue weighted by Gasteiger charge is 2.55. The standard InChI is InChI=1S/C20H23N7O13S2/c1-20(2,17(32)33)40-25-14(12-5-22-18(21)41-12)15(30)24-13-9(27(16(13)31)42(36,37)38)7-39-19(34)23-4-8-3-10(28)11(29)6-26(8)35/h3,5-6,9,13,29,35H,4,7H2,1-2H3,(H2,21,22)(H,23,34)(H,24,30)(H,32,33)(H,36,37,38)/b25-14-/t9-,13+/m1/s1. The van der Waals surface area contributed by atoms with Gasteiger partial charge >= 0.3 is 22.4 Å². The van der Waals surface area contributed by atoms with Gasteiger partial charge < -0.3 is 41.4 Å². The Morgan fingerprint density at radius 2 is 1.95 bits per heavy atom. The van der Waals surface area contributed by atoms with E-state index in [-0.39, 0.29) is 20.0 Å². The number of nitrogens with one attached hydrogen (secondary N) is 2. The lowest BCUT2D eigenvalue weighted by Crippen LogP contribution is -2.73. The number of aromatic hydroxyl groups is 1. The van der Waals surface area contributed by atoms with Gasteiger partial charge in [0, 0.05) is 12.3 Å². The van der Waals surface area contributed by atoms with E-state index in [4.69, 9.17) is 15.3 Å². The van der Waals surface area contributed by atoms with Crippen LogP contribution in [0.1, 0.15) is 24.4 Å². The monoisotopic (exact) mass is 633 g/mol. The average Bonchev–Trinajstić information content (AvgIpc) is 3.30. The van der Waals surface area contributed by atoms with Gasteiger partial charge in [0.05, 0.1) is 23.3 Å². The molecule has 1 aliphatic rings. The molecule has 0 bridgehead atoms. The number of carbonyl (C=O) groups excluding carboxylic acids is 3. The molecule has 228 valence electrons. The van der Waals surface area contributed by atoms with E-state index in [1.807, 2.05) is 0 Å². The Bertz CT molecular complexity index is 1620. The Hall–Kier alpha value is -4.96. The molecule has 2 atom stereocenters. The van der Waals surface area contributed by atoms with Crippen molar-refractivity contribution in [2.45, 2.75) is 38.1 Å². The summed E-state index contributed by atoms with van der Waals surface area (Å²) in [6, 6.07) is -2.55. The number of ether oxygens (including phenoxy) is 1. The third-order valence-corrected chi connectivity index (χ3v) is 7.23. The molecule has 3 heterocycles. The van der Waals surface area contributed by atoms with Crippen molar-refractivity contribution in [3.63, 3.8) is 0 Å². The number of thiazole rings is 1. The largest absolute Gasteiger partial charge is 0.503 e. The third-order valence-electron chi connectivity index (χ3n) is 5.44. The predicted octanol–water partition coefficient (Wildman–Crippen LogP) is -2.16. The maximum atomic E-state index is 13.1. The van der Waals surface area contributed by atoms with Crippen LogP contribution in [0.15, 0.2) is 28.4 Å². The van der Waals surface area contributed by atoms with Crippen LogP contribution in [0.2, 0.25) is 0 Å². The van der Waals surface area contributed by atoms with E-state index in [9.17, 15) is 52.4 Å². The number of aromatic nitrogens is 2. The Balaban J connectivity index is 1.76. The maximum absolute atomic E-state index is 13.1. The lowest BCUT2D eigenvalue weighted by Gasteiger charge is -2.43. The maximum Gasteiger partial charge on any atom is 0.407 e. The van der Waals surface area contributed by atoms with Crippen LogP contribution in [-0.2, 0) is 40.8 Å². The van der Waals surface area contributed by atoms with Gasteiger partial charge in [-0.1, -0.05) is 16.5 Å². The highest BCUT2D eigenvalue weighted by molar-refractivity contribution is 7.84. The van der Waals surface area contributed by atoms with Crippen molar-refractivity contribution in [2.24, 2.45) is 5.16 Å². The average molecular weight is 634 g/mol. The number of carboxylic acids is 1. The minimum atomic E-state index is -5.18. The van der Waals surface area contributed by atoms with Gasteiger partial charge in [0.2, 0.25) is 11.0 Å². The van der Waals surface area contributed by atoms with Crippen molar-refractivity contribution in [1.82, 2.24) is 24.7 Å². The number of nitrogens with two attached hydrogens (primary N) is 1. The number of hydrogen-bond donors (Lipinski definition) is 7.